The van der Waals surface area contributed by atoms with Crippen LogP contribution in [0.15, 0.2) is 30.3 Å². The van der Waals surface area contributed by atoms with Gasteiger partial charge in [0.05, 0.1) is 33.9 Å². The summed E-state index contributed by atoms with van der Waals surface area (Å²) in [5.74, 6) is 2.04. The van der Waals surface area contributed by atoms with Gasteiger partial charge in [-0.05, 0) is 66.1 Å². The largest absolute Gasteiger partial charge is 0.493 e. The maximum absolute atomic E-state index is 11.8. The number of fused-ring (bicyclic) bond motifs is 1. The van der Waals surface area contributed by atoms with Crippen molar-refractivity contribution in [3.05, 3.63) is 47.0 Å². The van der Waals surface area contributed by atoms with Gasteiger partial charge in [-0.2, -0.15) is 0 Å². The minimum atomic E-state index is -0.789. The molecule has 3 rings (SSSR count). The van der Waals surface area contributed by atoms with Gasteiger partial charge in [-0.25, -0.2) is 0 Å². The van der Waals surface area contributed by atoms with Crippen LogP contribution in [0.1, 0.15) is 158 Å². The molecule has 0 radical (unpaired) electrons. The maximum atomic E-state index is 11.8. The lowest BCUT2D eigenvalue weighted by Crippen LogP contribution is -2.04. The van der Waals surface area contributed by atoms with E-state index in [0.29, 0.717) is 25.4 Å². The number of hydrogen-bond acceptors (Lipinski definition) is 5. The van der Waals surface area contributed by atoms with E-state index in [0.717, 1.165) is 53.2 Å². The summed E-state index contributed by atoms with van der Waals surface area (Å²) < 4.78 is 23.9. The predicted molar refractivity (Wildman–Crippen MR) is 184 cm³/mol. The molecule has 0 spiro atoms. The van der Waals surface area contributed by atoms with Crippen molar-refractivity contribution in [3.8, 4) is 23.0 Å². The summed E-state index contributed by atoms with van der Waals surface area (Å²) in [6.45, 7) is 5.83. The van der Waals surface area contributed by atoms with Gasteiger partial charge in [0.2, 0.25) is 0 Å². The number of unbranched alkanes of at least 4 members (excludes halogenated alkanes) is 14. The third-order valence-corrected chi connectivity index (χ3v) is 9.23. The highest BCUT2D eigenvalue weighted by Crippen LogP contribution is 2.51. The average molecular weight is 625 g/mol. The Bertz CT molecular complexity index is 1130. The fraction of sp³-hybridized carbons (Fsp3) is 0.667. The zero-order valence-corrected chi connectivity index (χ0v) is 28.7. The van der Waals surface area contributed by atoms with Gasteiger partial charge in [0.1, 0.15) is 0 Å². The minimum Gasteiger partial charge on any atom is -0.493 e. The van der Waals surface area contributed by atoms with E-state index in [4.69, 9.17) is 18.9 Å². The molecule has 0 saturated heterocycles. The van der Waals surface area contributed by atoms with Gasteiger partial charge < -0.3 is 24.1 Å². The quantitative estimate of drug-likeness (QED) is 0.111. The zero-order valence-electron chi connectivity index (χ0n) is 28.7. The van der Waals surface area contributed by atoms with E-state index in [9.17, 15) is 9.90 Å². The van der Waals surface area contributed by atoms with E-state index in [2.05, 4.69) is 32.0 Å². The standard InChI is InChI=1S/C39H60O6/c1-5-7-9-11-13-15-17-19-23-44-35-22-21-30(26-36(35)42-3)32-25-31(27-39(40)41)33-28-37(43-4)38(29-34(32)33)45-24-20-18-16-14-12-10-8-6-2/h21-22,26,28-29,31-32H,5-20,23-25,27H2,1-4H3,(H,40,41). The second-order valence-corrected chi connectivity index (χ2v) is 12.8. The van der Waals surface area contributed by atoms with Crippen molar-refractivity contribution in [2.24, 2.45) is 0 Å². The summed E-state index contributed by atoms with van der Waals surface area (Å²) >= 11 is 0. The third-order valence-electron chi connectivity index (χ3n) is 9.23. The number of aliphatic carboxylic acids is 1. The Morgan fingerprint density at radius 1 is 0.644 bits per heavy atom. The average Bonchev–Trinajstić information content (AvgIpc) is 3.38. The Balaban J connectivity index is 1.65. The van der Waals surface area contributed by atoms with Crippen LogP contribution >= 0.6 is 0 Å². The molecule has 45 heavy (non-hydrogen) atoms. The first-order chi connectivity index (χ1) is 22.0. The first kappa shape index (κ1) is 36.6. The number of methoxy groups -OCH3 is 2. The van der Waals surface area contributed by atoms with Crippen LogP contribution in [0.4, 0.5) is 0 Å². The monoisotopic (exact) mass is 624 g/mol. The lowest BCUT2D eigenvalue weighted by atomic mass is 9.92. The SMILES string of the molecule is CCCCCCCCCCOc1ccc(C2CC(CC(=O)O)c3cc(OC)c(OCCCCCCCCCC)cc32)cc1OC. The molecule has 2 unspecified atom stereocenters. The number of carbonyl (C=O) groups is 1. The highest BCUT2D eigenvalue weighted by Gasteiger charge is 2.35. The molecule has 6 heteroatoms. The van der Waals surface area contributed by atoms with Crippen LogP contribution in [-0.2, 0) is 4.79 Å². The van der Waals surface area contributed by atoms with E-state index in [1.807, 2.05) is 12.1 Å². The van der Waals surface area contributed by atoms with Gasteiger partial charge >= 0.3 is 5.97 Å². The number of carboxylic acid groups (broad SMARTS) is 1. The number of carboxylic acids is 1. The van der Waals surface area contributed by atoms with Gasteiger partial charge in [0.15, 0.2) is 23.0 Å². The van der Waals surface area contributed by atoms with Gasteiger partial charge in [-0.3, -0.25) is 4.79 Å². The Hall–Kier alpha value is -2.89. The van der Waals surface area contributed by atoms with Crippen LogP contribution in [0.3, 0.4) is 0 Å². The van der Waals surface area contributed by atoms with Crippen LogP contribution in [0, 0.1) is 0 Å². The molecule has 2 aromatic rings. The van der Waals surface area contributed by atoms with E-state index in [-0.39, 0.29) is 18.3 Å². The number of ether oxygens (including phenoxy) is 4. The molecule has 6 nitrogen and oxygen atoms in total. The molecular weight excluding hydrogens is 564 g/mol. The second kappa shape index (κ2) is 21.0. The Labute approximate surface area is 273 Å². The zero-order chi connectivity index (χ0) is 32.3. The van der Waals surface area contributed by atoms with Crippen LogP contribution < -0.4 is 18.9 Å². The summed E-state index contributed by atoms with van der Waals surface area (Å²) in [5.41, 5.74) is 3.25. The minimum absolute atomic E-state index is 0.0383. The lowest BCUT2D eigenvalue weighted by molar-refractivity contribution is -0.137. The second-order valence-electron chi connectivity index (χ2n) is 12.8. The molecule has 0 aromatic heterocycles. The molecule has 2 aromatic carbocycles. The topological polar surface area (TPSA) is 74.2 Å². The van der Waals surface area contributed by atoms with Gasteiger partial charge in [-0.15, -0.1) is 0 Å². The van der Waals surface area contributed by atoms with Crippen LogP contribution in [0.25, 0.3) is 0 Å². The molecule has 1 aliphatic carbocycles. The summed E-state index contributed by atoms with van der Waals surface area (Å²) in [7, 11) is 3.33. The molecule has 0 fully saturated rings. The van der Waals surface area contributed by atoms with Crippen molar-refractivity contribution in [3.63, 3.8) is 0 Å². The molecule has 0 bridgehead atoms. The van der Waals surface area contributed by atoms with Crippen LogP contribution in [0.2, 0.25) is 0 Å². The van der Waals surface area contributed by atoms with E-state index >= 15 is 0 Å². The van der Waals surface area contributed by atoms with Crippen molar-refractivity contribution >= 4 is 5.97 Å². The molecular formula is C39H60O6. The Morgan fingerprint density at radius 2 is 1.13 bits per heavy atom. The van der Waals surface area contributed by atoms with Crippen molar-refractivity contribution < 1.29 is 28.8 Å². The van der Waals surface area contributed by atoms with Crippen molar-refractivity contribution in [1.82, 2.24) is 0 Å². The van der Waals surface area contributed by atoms with Gasteiger partial charge in [-0.1, -0.05) is 110 Å². The fourth-order valence-electron chi connectivity index (χ4n) is 6.63. The van der Waals surface area contributed by atoms with Crippen molar-refractivity contribution in [1.29, 1.82) is 0 Å². The molecule has 0 heterocycles. The first-order valence-electron chi connectivity index (χ1n) is 17.9. The molecule has 1 N–H and O–H groups in total. The van der Waals surface area contributed by atoms with Gasteiger partial charge in [0, 0.05) is 5.92 Å². The summed E-state index contributed by atoms with van der Waals surface area (Å²) in [4.78, 5) is 11.8. The molecule has 2 atom stereocenters. The normalized spacial score (nSPS) is 15.6. The van der Waals surface area contributed by atoms with E-state index < -0.39 is 5.97 Å². The number of hydrogen-bond donors (Lipinski definition) is 1. The number of rotatable bonds is 25. The van der Waals surface area contributed by atoms with E-state index in [1.54, 1.807) is 14.2 Å². The molecule has 1 aliphatic rings. The van der Waals surface area contributed by atoms with Crippen LogP contribution in [-0.4, -0.2) is 38.5 Å². The molecule has 0 amide bonds. The number of benzene rings is 2. The smallest absolute Gasteiger partial charge is 0.303 e. The predicted octanol–water partition coefficient (Wildman–Crippen LogP) is 10.8. The summed E-state index contributed by atoms with van der Waals surface area (Å²) in [6, 6.07) is 10.3. The summed E-state index contributed by atoms with van der Waals surface area (Å²) in [6.07, 6.45) is 20.9. The Morgan fingerprint density at radius 3 is 1.67 bits per heavy atom. The van der Waals surface area contributed by atoms with E-state index in [1.165, 1.54) is 83.5 Å². The maximum Gasteiger partial charge on any atom is 0.303 e. The lowest BCUT2D eigenvalue weighted by Gasteiger charge is -2.18. The highest BCUT2D eigenvalue weighted by atomic mass is 16.5. The first-order valence-corrected chi connectivity index (χ1v) is 17.9. The fourth-order valence-corrected chi connectivity index (χ4v) is 6.63. The van der Waals surface area contributed by atoms with Crippen molar-refractivity contribution in [2.75, 3.05) is 27.4 Å². The van der Waals surface area contributed by atoms with Crippen LogP contribution in [0.5, 0.6) is 23.0 Å². The molecule has 0 aliphatic heterocycles. The van der Waals surface area contributed by atoms with Gasteiger partial charge in [0.25, 0.3) is 0 Å². The molecule has 0 saturated carbocycles. The third kappa shape index (κ3) is 12.1. The summed E-state index contributed by atoms with van der Waals surface area (Å²) in [5, 5.41) is 9.70. The molecule has 252 valence electrons. The Kier molecular flexibility index (Phi) is 17.1. The highest BCUT2D eigenvalue weighted by molar-refractivity contribution is 5.69. The van der Waals surface area contributed by atoms with Crippen molar-refractivity contribution in [2.45, 2.75) is 141 Å².